The van der Waals surface area contributed by atoms with Gasteiger partial charge in [0.05, 0.1) is 8.26 Å². The average Bonchev–Trinajstić information content (AvgIpc) is 2.66. The highest BCUT2D eigenvalue weighted by Crippen LogP contribution is 2.62. The molecule has 1 aliphatic rings. The van der Waals surface area contributed by atoms with Gasteiger partial charge in [-0.1, -0.05) is 49.5 Å². The molecule has 13 heavy (non-hydrogen) atoms. The Bertz CT molecular complexity index is 351. The largest absolute Gasteiger partial charge is 0.205 e. The van der Waals surface area contributed by atoms with E-state index in [1.54, 1.807) is 12.1 Å². The summed E-state index contributed by atoms with van der Waals surface area (Å²) >= 11 is 12.7. The quantitative estimate of drug-likeness (QED) is 0.668. The van der Waals surface area contributed by atoms with Crippen LogP contribution < -0.4 is 0 Å². The third kappa shape index (κ3) is 1.92. The van der Waals surface area contributed by atoms with Crippen LogP contribution in [0.5, 0.6) is 0 Å². The Morgan fingerprint density at radius 1 is 1.46 bits per heavy atom. The van der Waals surface area contributed by atoms with Gasteiger partial charge in [-0.2, -0.15) is 0 Å². The molecule has 4 heteroatoms. The predicted octanol–water partition coefficient (Wildman–Crippen LogP) is 4.45. The molecule has 1 fully saturated rings. The fraction of sp³-hybridized carbons (Fsp3) is 0.333. The molecule has 1 aromatic carbocycles. The van der Waals surface area contributed by atoms with Crippen LogP contribution >= 0.6 is 43.5 Å². The molecule has 0 N–H and O–H groups in total. The zero-order chi connectivity index (χ0) is 9.64. The molecule has 1 saturated carbocycles. The van der Waals surface area contributed by atoms with Gasteiger partial charge in [-0.25, -0.2) is 4.39 Å². The highest BCUT2D eigenvalue weighted by Gasteiger charge is 2.51. The summed E-state index contributed by atoms with van der Waals surface area (Å²) in [6, 6.07) is 4.87. The minimum Gasteiger partial charge on any atom is -0.205 e. The molecule has 1 atom stereocenters. The Labute approximate surface area is 97.7 Å². The van der Waals surface area contributed by atoms with Crippen LogP contribution in [0.4, 0.5) is 4.39 Å². The van der Waals surface area contributed by atoms with E-state index in [9.17, 15) is 4.39 Å². The van der Waals surface area contributed by atoms with Crippen molar-refractivity contribution in [3.05, 3.63) is 34.6 Å². The summed E-state index contributed by atoms with van der Waals surface area (Å²) in [6.07, 6.45) is 1.01. The lowest BCUT2D eigenvalue weighted by Crippen LogP contribution is -1.89. The second kappa shape index (κ2) is 3.21. The maximum Gasteiger partial charge on any atom is 0.141 e. The fourth-order valence-electron chi connectivity index (χ4n) is 1.30. The molecule has 1 aliphatic carbocycles. The van der Waals surface area contributed by atoms with Crippen LogP contribution in [0.25, 0.3) is 0 Å². The van der Waals surface area contributed by atoms with E-state index in [1.807, 2.05) is 0 Å². The number of rotatable bonds is 1. The normalized spacial score (nSPS) is 24.5. The van der Waals surface area contributed by atoms with E-state index >= 15 is 0 Å². The van der Waals surface area contributed by atoms with E-state index in [1.165, 1.54) is 6.07 Å². The molecule has 1 unspecified atom stereocenters. The number of alkyl halides is 2. The lowest BCUT2D eigenvalue weighted by Gasteiger charge is -2.02. The smallest absolute Gasteiger partial charge is 0.141 e. The van der Waals surface area contributed by atoms with Crippen molar-refractivity contribution in [2.24, 2.45) is 0 Å². The fourth-order valence-corrected chi connectivity index (χ4v) is 2.67. The van der Waals surface area contributed by atoms with Crippen molar-refractivity contribution >= 4 is 43.5 Å². The molecule has 0 spiro atoms. The Balaban J connectivity index is 2.29. The molecular weight excluding hydrogens is 322 g/mol. The summed E-state index contributed by atoms with van der Waals surface area (Å²) in [5.41, 5.74) is 1.07. The number of hydrogen-bond donors (Lipinski definition) is 0. The summed E-state index contributed by atoms with van der Waals surface area (Å²) < 4.78 is 12.8. The molecule has 0 radical (unpaired) electrons. The van der Waals surface area contributed by atoms with Gasteiger partial charge in [-0.05, 0) is 24.1 Å². The van der Waals surface area contributed by atoms with Crippen LogP contribution in [-0.4, -0.2) is 3.23 Å². The van der Waals surface area contributed by atoms with Gasteiger partial charge < -0.3 is 0 Å². The Kier molecular flexibility index (Phi) is 2.45. The third-order valence-electron chi connectivity index (χ3n) is 2.17. The predicted molar refractivity (Wildman–Crippen MR) is 59.4 cm³/mol. The zero-order valence-corrected chi connectivity index (χ0v) is 10.5. The monoisotopic (exact) mass is 326 g/mol. The molecular formula is C9H6Br2ClF. The van der Waals surface area contributed by atoms with Crippen molar-refractivity contribution in [3.8, 4) is 0 Å². The highest BCUT2D eigenvalue weighted by atomic mass is 79.9. The summed E-state index contributed by atoms with van der Waals surface area (Å²) in [7, 11) is 0. The van der Waals surface area contributed by atoms with Crippen molar-refractivity contribution in [1.29, 1.82) is 0 Å². The Hall–Kier alpha value is 0.400. The zero-order valence-electron chi connectivity index (χ0n) is 6.53. The van der Waals surface area contributed by atoms with Crippen LogP contribution in [0.3, 0.4) is 0 Å². The second-order valence-electron chi connectivity index (χ2n) is 3.19. The van der Waals surface area contributed by atoms with Gasteiger partial charge in [0.15, 0.2) is 0 Å². The van der Waals surface area contributed by atoms with E-state index in [-0.39, 0.29) is 14.1 Å². The Morgan fingerprint density at radius 2 is 2.08 bits per heavy atom. The van der Waals surface area contributed by atoms with E-state index in [2.05, 4.69) is 31.9 Å². The Morgan fingerprint density at radius 3 is 2.54 bits per heavy atom. The van der Waals surface area contributed by atoms with Crippen molar-refractivity contribution in [2.45, 2.75) is 15.6 Å². The van der Waals surface area contributed by atoms with Crippen LogP contribution in [0.2, 0.25) is 5.02 Å². The second-order valence-corrected chi connectivity index (χ2v) is 7.49. The van der Waals surface area contributed by atoms with Gasteiger partial charge in [0.1, 0.15) is 5.82 Å². The first-order valence-corrected chi connectivity index (χ1v) is 5.80. The minimum absolute atomic E-state index is 0.00115. The molecule has 0 aromatic heterocycles. The minimum atomic E-state index is -0.360. The maximum absolute atomic E-state index is 12.8. The van der Waals surface area contributed by atoms with Gasteiger partial charge in [0.25, 0.3) is 0 Å². The van der Waals surface area contributed by atoms with Gasteiger partial charge in [-0.15, -0.1) is 0 Å². The first kappa shape index (κ1) is 9.94. The SMILES string of the molecule is Fc1ccc(C2CC2(Br)Br)cc1Cl. The molecule has 0 nitrogen and oxygen atoms in total. The summed E-state index contributed by atoms with van der Waals surface area (Å²) in [6.45, 7) is 0. The van der Waals surface area contributed by atoms with E-state index in [0.717, 1.165) is 12.0 Å². The summed E-state index contributed by atoms with van der Waals surface area (Å²) in [5.74, 6) is 0.0337. The number of benzene rings is 1. The van der Waals surface area contributed by atoms with Crippen LogP contribution in [-0.2, 0) is 0 Å². The van der Waals surface area contributed by atoms with Crippen LogP contribution in [0.1, 0.15) is 17.9 Å². The molecule has 0 amide bonds. The van der Waals surface area contributed by atoms with Crippen molar-refractivity contribution in [1.82, 2.24) is 0 Å². The standard InChI is InChI=1S/C9H6Br2ClF/c10-9(11)4-6(9)5-1-2-8(13)7(12)3-5/h1-3,6H,4H2. The van der Waals surface area contributed by atoms with Gasteiger partial charge in [0, 0.05) is 5.92 Å². The summed E-state index contributed by atoms with van der Waals surface area (Å²) in [4.78, 5) is 0. The van der Waals surface area contributed by atoms with Crippen molar-refractivity contribution < 1.29 is 4.39 Å². The highest BCUT2D eigenvalue weighted by molar-refractivity contribution is 9.25. The lowest BCUT2D eigenvalue weighted by molar-refractivity contribution is 0.627. The third-order valence-corrected chi connectivity index (χ3v) is 4.21. The molecule has 0 aliphatic heterocycles. The van der Waals surface area contributed by atoms with Crippen molar-refractivity contribution in [3.63, 3.8) is 0 Å². The average molecular weight is 328 g/mol. The lowest BCUT2D eigenvalue weighted by atomic mass is 10.1. The molecule has 70 valence electrons. The van der Waals surface area contributed by atoms with Gasteiger partial charge in [0.2, 0.25) is 0 Å². The maximum atomic E-state index is 12.8. The van der Waals surface area contributed by atoms with Crippen LogP contribution in [0, 0.1) is 5.82 Å². The molecule has 0 saturated heterocycles. The first-order chi connectivity index (χ1) is 6.00. The number of halogens is 4. The van der Waals surface area contributed by atoms with E-state index in [4.69, 9.17) is 11.6 Å². The van der Waals surface area contributed by atoms with E-state index < -0.39 is 0 Å². The van der Waals surface area contributed by atoms with Gasteiger partial charge in [-0.3, -0.25) is 0 Å². The topological polar surface area (TPSA) is 0 Å². The molecule has 2 rings (SSSR count). The molecule has 0 bridgehead atoms. The van der Waals surface area contributed by atoms with Gasteiger partial charge >= 0.3 is 0 Å². The molecule has 0 heterocycles. The summed E-state index contributed by atoms with van der Waals surface area (Å²) in [5, 5.41) is 0.195. The number of hydrogen-bond acceptors (Lipinski definition) is 0. The van der Waals surface area contributed by atoms with Crippen LogP contribution in [0.15, 0.2) is 18.2 Å². The molecule has 1 aromatic rings. The van der Waals surface area contributed by atoms with Crippen molar-refractivity contribution in [2.75, 3.05) is 0 Å². The van der Waals surface area contributed by atoms with E-state index in [0.29, 0.717) is 5.92 Å². The first-order valence-electron chi connectivity index (χ1n) is 3.83.